The van der Waals surface area contributed by atoms with Gasteiger partial charge in [0.1, 0.15) is 5.75 Å². The van der Waals surface area contributed by atoms with Crippen molar-refractivity contribution in [3.05, 3.63) is 56.8 Å². The second kappa shape index (κ2) is 16.1. The normalized spacial score (nSPS) is 13.2. The summed E-state index contributed by atoms with van der Waals surface area (Å²) < 4.78 is 10.4. The molecule has 3 nitrogen and oxygen atoms in total. The number of thiocarbonyl (C=S) groups is 1. The van der Waals surface area contributed by atoms with Crippen molar-refractivity contribution in [3.63, 3.8) is 0 Å². The zero-order chi connectivity index (χ0) is 23.9. The predicted molar refractivity (Wildman–Crippen MR) is 146 cm³/mol. The van der Waals surface area contributed by atoms with Gasteiger partial charge in [-0.05, 0) is 75.2 Å². The Hall–Kier alpha value is -1.53. The Morgan fingerprint density at radius 3 is 2.22 bits per heavy atom. The lowest BCUT2D eigenvalue weighted by Gasteiger charge is -2.25. The van der Waals surface area contributed by atoms with Crippen LogP contribution in [-0.2, 0) is 4.74 Å². The summed E-state index contributed by atoms with van der Waals surface area (Å²) in [5.41, 5.74) is 3.62. The lowest BCUT2D eigenvalue weighted by Crippen LogP contribution is -2.36. The van der Waals surface area contributed by atoms with E-state index < -0.39 is 0 Å². The zero-order valence-corrected chi connectivity index (χ0v) is 22.6. The van der Waals surface area contributed by atoms with Crippen LogP contribution in [0.15, 0.2) is 35.9 Å². The van der Waals surface area contributed by atoms with Crippen molar-refractivity contribution in [2.24, 2.45) is 0 Å². The van der Waals surface area contributed by atoms with E-state index in [1.807, 2.05) is 24.3 Å². The number of methoxy groups -OCH3 is 1. The van der Waals surface area contributed by atoms with Gasteiger partial charge in [-0.3, -0.25) is 4.90 Å². The molecule has 0 spiro atoms. The van der Waals surface area contributed by atoms with Crippen LogP contribution in [0.2, 0.25) is 0 Å². The van der Waals surface area contributed by atoms with E-state index in [1.54, 1.807) is 18.4 Å². The van der Waals surface area contributed by atoms with Crippen molar-refractivity contribution in [2.45, 2.75) is 54.4 Å². The first-order chi connectivity index (χ1) is 15.4. The maximum absolute atomic E-state index is 5.60. The van der Waals surface area contributed by atoms with Crippen LogP contribution in [0, 0.1) is 6.92 Å². The van der Waals surface area contributed by atoms with Crippen LogP contribution in [0.25, 0.3) is 6.08 Å². The van der Waals surface area contributed by atoms with Crippen molar-refractivity contribution < 1.29 is 9.47 Å². The third kappa shape index (κ3) is 10.4. The van der Waals surface area contributed by atoms with E-state index in [2.05, 4.69) is 58.6 Å². The summed E-state index contributed by atoms with van der Waals surface area (Å²) in [7, 11) is 1.67. The number of morpholine rings is 1. The molecule has 1 fully saturated rings. The summed E-state index contributed by atoms with van der Waals surface area (Å²) in [6.45, 7) is 18.2. The first-order valence-corrected chi connectivity index (χ1v) is 12.8. The highest BCUT2D eigenvalue weighted by Gasteiger charge is 2.10. The van der Waals surface area contributed by atoms with Gasteiger partial charge < -0.3 is 9.47 Å². The number of aryl methyl sites for hydroxylation is 1. The Balaban J connectivity index is 0.000000354. The average Bonchev–Trinajstić information content (AvgIpc) is 3.15. The van der Waals surface area contributed by atoms with E-state index in [-0.39, 0.29) is 0 Å². The smallest absolute Gasteiger partial charge is 0.118 e. The van der Waals surface area contributed by atoms with Gasteiger partial charge in [0, 0.05) is 22.8 Å². The maximum atomic E-state index is 5.60. The highest BCUT2D eigenvalue weighted by Crippen LogP contribution is 2.27. The summed E-state index contributed by atoms with van der Waals surface area (Å²) in [4.78, 5) is 5.80. The molecule has 0 unspecified atom stereocenters. The van der Waals surface area contributed by atoms with Crippen molar-refractivity contribution in [1.82, 2.24) is 4.90 Å². The second-order valence-corrected chi connectivity index (χ2v) is 9.73. The van der Waals surface area contributed by atoms with E-state index in [9.17, 15) is 0 Å². The average molecular weight is 476 g/mol. The van der Waals surface area contributed by atoms with Crippen LogP contribution in [-0.4, -0.2) is 49.7 Å². The molecule has 1 aliphatic rings. The summed E-state index contributed by atoms with van der Waals surface area (Å²) >= 11 is 7.35. The minimum Gasteiger partial charge on any atom is -0.497 e. The minimum absolute atomic E-state index is 0.851. The molecule has 2 heterocycles. The molecule has 2 aromatic rings. The quantitative estimate of drug-likeness (QED) is 0.320. The molecule has 1 saturated heterocycles. The highest BCUT2D eigenvalue weighted by molar-refractivity contribution is 7.81. The number of nitrogens with zero attached hydrogens (tertiary/aromatic N) is 1. The van der Waals surface area contributed by atoms with Crippen molar-refractivity contribution >= 4 is 34.5 Å². The molecule has 0 atom stereocenters. The van der Waals surface area contributed by atoms with Crippen LogP contribution in [0.3, 0.4) is 0 Å². The van der Waals surface area contributed by atoms with Crippen molar-refractivity contribution in [1.29, 1.82) is 0 Å². The number of benzene rings is 1. The number of hydrogen-bond donors (Lipinski definition) is 0. The Morgan fingerprint density at radius 2 is 1.72 bits per heavy atom. The number of allylic oxidation sites excluding steroid dienone is 1. The van der Waals surface area contributed by atoms with Crippen LogP contribution >= 0.6 is 23.6 Å². The molecule has 1 aromatic heterocycles. The largest absolute Gasteiger partial charge is 0.497 e. The van der Waals surface area contributed by atoms with Gasteiger partial charge in [0.15, 0.2) is 0 Å². The first-order valence-electron chi connectivity index (χ1n) is 11.6. The van der Waals surface area contributed by atoms with E-state index in [4.69, 9.17) is 21.7 Å². The standard InChI is InChI=1S/C17H18OS2.C7H15NO.C3H8/c1-11(2)9-14-10-16(20-12(14)3)17(19)13-5-7-15(18-4)8-6-13;1-2-3-8-4-6-9-7-5-8;1-3-2/h5-10H,1-4H3;2-7H2,1H3;3H2,1-2H3. The van der Waals surface area contributed by atoms with Gasteiger partial charge >= 0.3 is 0 Å². The minimum atomic E-state index is 0.851. The molecule has 0 saturated carbocycles. The monoisotopic (exact) mass is 475 g/mol. The third-order valence-corrected chi connectivity index (χ3v) is 6.29. The Morgan fingerprint density at radius 1 is 1.12 bits per heavy atom. The Bertz CT molecular complexity index is 812. The van der Waals surface area contributed by atoms with Gasteiger partial charge in [-0.2, -0.15) is 0 Å². The van der Waals surface area contributed by atoms with Gasteiger partial charge in [0.2, 0.25) is 0 Å². The van der Waals surface area contributed by atoms with Crippen LogP contribution < -0.4 is 4.74 Å². The highest BCUT2D eigenvalue weighted by atomic mass is 32.1. The third-order valence-electron chi connectivity index (χ3n) is 4.62. The molecule has 178 valence electrons. The molecule has 0 bridgehead atoms. The number of hydrogen-bond acceptors (Lipinski definition) is 5. The molecule has 1 aromatic carbocycles. The molecule has 32 heavy (non-hydrogen) atoms. The Kier molecular flexibility index (Phi) is 14.4. The van der Waals surface area contributed by atoms with Crippen molar-refractivity contribution in [2.75, 3.05) is 40.0 Å². The number of thiophene rings is 1. The van der Waals surface area contributed by atoms with Gasteiger partial charge in [-0.1, -0.05) is 51.1 Å². The van der Waals surface area contributed by atoms with Crippen LogP contribution in [0.1, 0.15) is 68.3 Å². The van der Waals surface area contributed by atoms with E-state index in [1.165, 1.54) is 35.4 Å². The fourth-order valence-corrected chi connectivity index (χ4v) is 4.37. The Labute approximate surface area is 205 Å². The zero-order valence-electron chi connectivity index (χ0n) is 21.0. The SMILES string of the molecule is CCC.CCCN1CCOCC1.COc1ccc(C(=S)c2cc(C=C(C)C)c(C)s2)cc1. The van der Waals surface area contributed by atoms with E-state index in [0.29, 0.717) is 0 Å². The van der Waals surface area contributed by atoms with Crippen molar-refractivity contribution in [3.8, 4) is 5.75 Å². The number of ether oxygens (including phenoxy) is 2. The fraction of sp³-hybridized carbons (Fsp3) is 0.519. The molecular formula is C27H41NO2S2. The molecule has 0 radical (unpaired) electrons. The molecular weight excluding hydrogens is 434 g/mol. The van der Waals surface area contributed by atoms with Gasteiger partial charge in [0.05, 0.1) is 25.2 Å². The predicted octanol–water partition coefficient (Wildman–Crippen LogP) is 7.40. The van der Waals surface area contributed by atoms with E-state index >= 15 is 0 Å². The van der Waals surface area contributed by atoms with Crippen LogP contribution in [0.5, 0.6) is 5.75 Å². The maximum Gasteiger partial charge on any atom is 0.118 e. The first kappa shape index (κ1) is 28.5. The summed E-state index contributed by atoms with van der Waals surface area (Å²) in [6.07, 6.45) is 4.71. The summed E-state index contributed by atoms with van der Waals surface area (Å²) in [5.74, 6) is 0.851. The summed E-state index contributed by atoms with van der Waals surface area (Å²) in [6, 6.07) is 10.1. The molecule has 0 N–H and O–H groups in total. The molecule has 3 rings (SSSR count). The fourth-order valence-electron chi connectivity index (χ4n) is 3.09. The number of rotatable bonds is 6. The molecule has 1 aliphatic heterocycles. The molecule has 0 aliphatic carbocycles. The molecule has 5 heteroatoms. The molecule has 0 amide bonds. The van der Waals surface area contributed by atoms with Crippen LogP contribution in [0.4, 0.5) is 0 Å². The topological polar surface area (TPSA) is 21.7 Å². The van der Waals surface area contributed by atoms with Gasteiger partial charge in [0.25, 0.3) is 0 Å². The lowest BCUT2D eigenvalue weighted by atomic mass is 10.1. The van der Waals surface area contributed by atoms with E-state index in [0.717, 1.165) is 47.4 Å². The second-order valence-electron chi connectivity index (χ2n) is 8.06. The van der Waals surface area contributed by atoms with Gasteiger partial charge in [-0.15, -0.1) is 11.3 Å². The lowest BCUT2D eigenvalue weighted by molar-refractivity contribution is 0.0380. The van der Waals surface area contributed by atoms with Gasteiger partial charge in [-0.25, -0.2) is 0 Å². The summed E-state index contributed by atoms with van der Waals surface area (Å²) in [5, 5.41) is 0.